The van der Waals surface area contributed by atoms with Gasteiger partial charge < -0.3 is 4.90 Å². The van der Waals surface area contributed by atoms with Crippen molar-refractivity contribution >= 4 is 0 Å². The summed E-state index contributed by atoms with van der Waals surface area (Å²) in [6, 6.07) is 3.37. The van der Waals surface area contributed by atoms with Gasteiger partial charge in [0.1, 0.15) is 5.54 Å². The van der Waals surface area contributed by atoms with Crippen molar-refractivity contribution in [1.82, 2.24) is 10.2 Å². The lowest BCUT2D eigenvalue weighted by Gasteiger charge is -2.32. The van der Waals surface area contributed by atoms with Gasteiger partial charge >= 0.3 is 0 Å². The summed E-state index contributed by atoms with van der Waals surface area (Å²) < 4.78 is 0. The third kappa shape index (κ3) is 3.30. The SMILES string of the molecule is CCCNC1(C#N)CCCC1CCN1CCCC1C. The standard InChI is InChI=1S/C16H29N3/c1-3-10-18-16(13-17)9-4-7-15(16)8-12-19-11-5-6-14(19)2/h14-15,18H,3-12H2,1-2H3. The predicted molar refractivity (Wildman–Crippen MR) is 78.9 cm³/mol. The summed E-state index contributed by atoms with van der Waals surface area (Å²) in [4.78, 5) is 2.61. The van der Waals surface area contributed by atoms with E-state index in [4.69, 9.17) is 0 Å². The predicted octanol–water partition coefficient (Wildman–Crippen LogP) is 2.92. The average Bonchev–Trinajstić information content (AvgIpc) is 3.01. The lowest BCUT2D eigenvalue weighted by molar-refractivity contribution is 0.218. The molecule has 19 heavy (non-hydrogen) atoms. The van der Waals surface area contributed by atoms with Crippen LogP contribution in [0, 0.1) is 17.2 Å². The summed E-state index contributed by atoms with van der Waals surface area (Å²) >= 11 is 0. The van der Waals surface area contributed by atoms with Gasteiger partial charge in [0, 0.05) is 6.04 Å². The molecule has 2 aliphatic rings. The van der Waals surface area contributed by atoms with E-state index in [0.717, 1.165) is 25.4 Å². The molecule has 0 aromatic heterocycles. The normalized spacial score (nSPS) is 35.6. The quantitative estimate of drug-likeness (QED) is 0.801. The molecule has 3 unspecified atom stereocenters. The number of hydrogen-bond donors (Lipinski definition) is 1. The molecular formula is C16H29N3. The first-order valence-corrected chi connectivity index (χ1v) is 8.12. The Kier molecular flexibility index (Phi) is 5.24. The van der Waals surface area contributed by atoms with Gasteiger partial charge in [-0.2, -0.15) is 5.26 Å². The molecular weight excluding hydrogens is 234 g/mol. The number of rotatable bonds is 6. The molecule has 1 heterocycles. The van der Waals surface area contributed by atoms with Crippen LogP contribution in [0.4, 0.5) is 0 Å². The zero-order valence-electron chi connectivity index (χ0n) is 12.6. The van der Waals surface area contributed by atoms with E-state index in [0.29, 0.717) is 5.92 Å². The molecule has 2 rings (SSSR count). The van der Waals surface area contributed by atoms with Crippen molar-refractivity contribution in [3.63, 3.8) is 0 Å². The molecule has 0 aromatic carbocycles. The van der Waals surface area contributed by atoms with E-state index >= 15 is 0 Å². The highest BCUT2D eigenvalue weighted by molar-refractivity contribution is 5.14. The summed E-state index contributed by atoms with van der Waals surface area (Å²) in [5.74, 6) is 0.553. The number of nitriles is 1. The van der Waals surface area contributed by atoms with Crippen LogP contribution in [0.5, 0.6) is 0 Å². The van der Waals surface area contributed by atoms with E-state index in [1.54, 1.807) is 0 Å². The van der Waals surface area contributed by atoms with Crippen molar-refractivity contribution in [3.8, 4) is 6.07 Å². The first-order chi connectivity index (χ1) is 9.22. The van der Waals surface area contributed by atoms with Crippen molar-refractivity contribution < 1.29 is 0 Å². The molecule has 0 radical (unpaired) electrons. The second kappa shape index (κ2) is 6.72. The van der Waals surface area contributed by atoms with E-state index in [2.05, 4.69) is 30.1 Å². The molecule has 108 valence electrons. The highest BCUT2D eigenvalue weighted by atomic mass is 15.2. The first kappa shape index (κ1) is 14.8. The van der Waals surface area contributed by atoms with E-state index in [1.165, 1.54) is 45.2 Å². The Labute approximate surface area is 118 Å². The number of hydrogen-bond acceptors (Lipinski definition) is 3. The van der Waals surface area contributed by atoms with Crippen LogP contribution >= 0.6 is 0 Å². The molecule has 0 spiro atoms. The fourth-order valence-electron chi connectivity index (χ4n) is 3.88. The Hall–Kier alpha value is -0.590. The van der Waals surface area contributed by atoms with Crippen LogP contribution in [0.1, 0.15) is 58.8 Å². The first-order valence-electron chi connectivity index (χ1n) is 8.12. The Morgan fingerprint density at radius 3 is 2.84 bits per heavy atom. The summed E-state index contributed by atoms with van der Waals surface area (Å²) in [7, 11) is 0. The van der Waals surface area contributed by atoms with Crippen molar-refractivity contribution in [1.29, 1.82) is 5.26 Å². The van der Waals surface area contributed by atoms with Gasteiger partial charge in [0.25, 0.3) is 0 Å². The Morgan fingerprint density at radius 2 is 2.21 bits per heavy atom. The van der Waals surface area contributed by atoms with Crippen molar-refractivity contribution in [3.05, 3.63) is 0 Å². The van der Waals surface area contributed by atoms with Crippen LogP contribution in [0.3, 0.4) is 0 Å². The lowest BCUT2D eigenvalue weighted by atomic mass is 9.85. The maximum absolute atomic E-state index is 9.63. The summed E-state index contributed by atoms with van der Waals surface area (Å²) in [5.41, 5.74) is -0.223. The van der Waals surface area contributed by atoms with Gasteiger partial charge in [-0.25, -0.2) is 0 Å². The molecule has 1 aliphatic carbocycles. The zero-order valence-corrected chi connectivity index (χ0v) is 12.6. The molecule has 0 aromatic rings. The second-order valence-electron chi connectivity index (χ2n) is 6.41. The summed E-state index contributed by atoms with van der Waals surface area (Å²) in [6.45, 7) is 7.94. The Balaban J connectivity index is 1.88. The van der Waals surface area contributed by atoms with Crippen LogP contribution in [0.2, 0.25) is 0 Å². The Bertz CT molecular complexity index is 322. The highest BCUT2D eigenvalue weighted by Crippen LogP contribution is 2.38. The van der Waals surface area contributed by atoms with Gasteiger partial charge in [-0.3, -0.25) is 5.32 Å². The zero-order chi connectivity index (χ0) is 13.7. The second-order valence-corrected chi connectivity index (χ2v) is 6.41. The molecule has 0 bridgehead atoms. The largest absolute Gasteiger partial charge is 0.301 e. The van der Waals surface area contributed by atoms with Gasteiger partial charge in [-0.15, -0.1) is 0 Å². The molecule has 3 nitrogen and oxygen atoms in total. The third-order valence-corrected chi connectivity index (χ3v) is 5.17. The van der Waals surface area contributed by atoms with Gasteiger partial charge in [0.15, 0.2) is 0 Å². The average molecular weight is 263 g/mol. The van der Waals surface area contributed by atoms with Crippen LogP contribution in [-0.2, 0) is 0 Å². The van der Waals surface area contributed by atoms with Crippen molar-refractivity contribution in [2.45, 2.75) is 70.4 Å². The molecule has 1 saturated heterocycles. The number of likely N-dealkylation sites (tertiary alicyclic amines) is 1. The summed E-state index contributed by atoms with van der Waals surface area (Å²) in [5, 5.41) is 13.2. The minimum atomic E-state index is -0.223. The molecule has 3 heteroatoms. The van der Waals surface area contributed by atoms with Gasteiger partial charge in [0.05, 0.1) is 6.07 Å². The lowest BCUT2D eigenvalue weighted by Crippen LogP contribution is -2.48. The third-order valence-electron chi connectivity index (χ3n) is 5.17. The fourth-order valence-corrected chi connectivity index (χ4v) is 3.88. The van der Waals surface area contributed by atoms with E-state index in [9.17, 15) is 5.26 Å². The smallest absolute Gasteiger partial charge is 0.109 e. The number of nitrogens with one attached hydrogen (secondary N) is 1. The van der Waals surface area contributed by atoms with E-state index in [-0.39, 0.29) is 5.54 Å². The minimum Gasteiger partial charge on any atom is -0.301 e. The van der Waals surface area contributed by atoms with Crippen LogP contribution < -0.4 is 5.32 Å². The molecule has 1 aliphatic heterocycles. The van der Waals surface area contributed by atoms with E-state index in [1.807, 2.05) is 0 Å². The highest BCUT2D eigenvalue weighted by Gasteiger charge is 2.42. The molecule has 2 fully saturated rings. The van der Waals surface area contributed by atoms with Crippen LogP contribution in [0.25, 0.3) is 0 Å². The van der Waals surface area contributed by atoms with Gasteiger partial charge in [-0.05, 0) is 71.0 Å². The van der Waals surface area contributed by atoms with Crippen molar-refractivity contribution in [2.75, 3.05) is 19.6 Å². The van der Waals surface area contributed by atoms with E-state index < -0.39 is 0 Å². The maximum atomic E-state index is 9.63. The monoisotopic (exact) mass is 263 g/mol. The van der Waals surface area contributed by atoms with Crippen molar-refractivity contribution in [2.24, 2.45) is 5.92 Å². The Morgan fingerprint density at radius 1 is 1.37 bits per heavy atom. The molecule has 1 saturated carbocycles. The van der Waals surface area contributed by atoms with Crippen LogP contribution in [0.15, 0.2) is 0 Å². The number of nitrogens with zero attached hydrogens (tertiary/aromatic N) is 2. The molecule has 3 atom stereocenters. The minimum absolute atomic E-state index is 0.223. The maximum Gasteiger partial charge on any atom is 0.109 e. The fraction of sp³-hybridized carbons (Fsp3) is 0.938. The van der Waals surface area contributed by atoms with Gasteiger partial charge in [0.2, 0.25) is 0 Å². The molecule has 0 amide bonds. The van der Waals surface area contributed by atoms with Crippen LogP contribution in [-0.4, -0.2) is 36.1 Å². The molecule has 1 N–H and O–H groups in total. The van der Waals surface area contributed by atoms with Gasteiger partial charge in [-0.1, -0.05) is 13.3 Å². The topological polar surface area (TPSA) is 39.1 Å². The summed E-state index contributed by atoms with van der Waals surface area (Å²) in [6.07, 6.45) is 8.49.